The molecule has 0 radical (unpaired) electrons. The van der Waals surface area contributed by atoms with Crippen molar-refractivity contribution in [1.82, 2.24) is 25.2 Å². The molecule has 0 aliphatic heterocycles. The molecule has 0 spiro atoms. The largest absolute Gasteiger partial charge is 0.276 e. The first-order valence-corrected chi connectivity index (χ1v) is 6.40. The van der Waals surface area contributed by atoms with Crippen molar-refractivity contribution < 1.29 is 0 Å². The van der Waals surface area contributed by atoms with E-state index in [1.807, 2.05) is 37.6 Å². The van der Waals surface area contributed by atoms with E-state index in [-0.39, 0.29) is 6.04 Å². The highest BCUT2D eigenvalue weighted by atomic mass is 15.2. The summed E-state index contributed by atoms with van der Waals surface area (Å²) in [5.74, 6) is 5.69. The van der Waals surface area contributed by atoms with Gasteiger partial charge in [-0.05, 0) is 29.7 Å². The summed E-state index contributed by atoms with van der Waals surface area (Å²) in [6, 6.07) is 6.03. The molecular formula is C14H16N6. The van der Waals surface area contributed by atoms with Crippen LogP contribution in [0.5, 0.6) is 0 Å². The molecule has 1 aromatic carbocycles. The van der Waals surface area contributed by atoms with Gasteiger partial charge >= 0.3 is 0 Å². The number of benzene rings is 1. The van der Waals surface area contributed by atoms with Crippen LogP contribution in [-0.4, -0.2) is 19.7 Å². The third-order valence-corrected chi connectivity index (χ3v) is 3.30. The molecule has 3 N–H and O–H groups in total. The molecule has 2 aromatic heterocycles. The van der Waals surface area contributed by atoms with Gasteiger partial charge in [-0.1, -0.05) is 6.07 Å². The van der Waals surface area contributed by atoms with Gasteiger partial charge in [-0.25, -0.2) is 0 Å². The molecular weight excluding hydrogens is 252 g/mol. The van der Waals surface area contributed by atoms with Crippen molar-refractivity contribution in [1.29, 1.82) is 0 Å². The number of nitrogens with zero attached hydrogens (tertiary/aromatic N) is 4. The quantitative estimate of drug-likeness (QED) is 0.547. The van der Waals surface area contributed by atoms with Gasteiger partial charge in [-0.2, -0.15) is 5.10 Å². The maximum atomic E-state index is 5.69. The van der Waals surface area contributed by atoms with Gasteiger partial charge < -0.3 is 0 Å². The molecule has 2 heterocycles. The van der Waals surface area contributed by atoms with Crippen LogP contribution < -0.4 is 11.3 Å². The van der Waals surface area contributed by atoms with E-state index in [1.165, 1.54) is 0 Å². The Bertz CT molecular complexity index is 720. The molecule has 1 atom stereocenters. The second kappa shape index (κ2) is 5.36. The Labute approximate surface area is 116 Å². The molecule has 0 aliphatic rings. The zero-order chi connectivity index (χ0) is 13.9. The van der Waals surface area contributed by atoms with Crippen molar-refractivity contribution in [3.05, 3.63) is 54.1 Å². The lowest BCUT2D eigenvalue weighted by atomic mass is 10.0. The standard InChI is InChI=1S/C14H16N6/c1-20-9-10(8-18-20)6-13(19-15)11-2-3-12-14(7-11)17-5-4-16-12/h2-5,7-9,13,19H,6,15H2,1H3. The van der Waals surface area contributed by atoms with E-state index >= 15 is 0 Å². The fraction of sp³-hybridized carbons (Fsp3) is 0.214. The summed E-state index contributed by atoms with van der Waals surface area (Å²) in [6.45, 7) is 0. The van der Waals surface area contributed by atoms with Crippen LogP contribution in [0.4, 0.5) is 0 Å². The zero-order valence-corrected chi connectivity index (χ0v) is 11.2. The Morgan fingerprint density at radius 1 is 1.25 bits per heavy atom. The Hall–Kier alpha value is -2.31. The fourth-order valence-electron chi connectivity index (χ4n) is 2.28. The van der Waals surface area contributed by atoms with Gasteiger partial charge in [0.25, 0.3) is 0 Å². The van der Waals surface area contributed by atoms with Crippen molar-refractivity contribution in [2.24, 2.45) is 12.9 Å². The number of hydrogen-bond acceptors (Lipinski definition) is 5. The minimum Gasteiger partial charge on any atom is -0.276 e. The predicted octanol–water partition coefficient (Wildman–Crippen LogP) is 1.11. The molecule has 0 bridgehead atoms. The summed E-state index contributed by atoms with van der Waals surface area (Å²) in [4.78, 5) is 8.59. The van der Waals surface area contributed by atoms with Crippen molar-refractivity contribution >= 4 is 11.0 Å². The molecule has 0 saturated heterocycles. The lowest BCUT2D eigenvalue weighted by Crippen LogP contribution is -2.29. The van der Waals surface area contributed by atoms with E-state index in [1.54, 1.807) is 17.1 Å². The normalized spacial score (nSPS) is 12.7. The van der Waals surface area contributed by atoms with E-state index in [0.29, 0.717) is 0 Å². The van der Waals surface area contributed by atoms with Crippen LogP contribution in [0.1, 0.15) is 17.2 Å². The summed E-state index contributed by atoms with van der Waals surface area (Å²) >= 11 is 0. The van der Waals surface area contributed by atoms with Crippen LogP contribution in [0.25, 0.3) is 11.0 Å². The Morgan fingerprint density at radius 2 is 2.05 bits per heavy atom. The maximum absolute atomic E-state index is 5.69. The maximum Gasteiger partial charge on any atom is 0.0890 e. The van der Waals surface area contributed by atoms with Gasteiger partial charge in [0.05, 0.1) is 23.3 Å². The number of nitrogens with one attached hydrogen (secondary N) is 1. The summed E-state index contributed by atoms with van der Waals surface area (Å²) in [5.41, 5.74) is 6.83. The first-order chi connectivity index (χ1) is 9.76. The SMILES string of the molecule is Cn1cc(CC(NN)c2ccc3nccnc3c2)cn1. The highest BCUT2D eigenvalue weighted by molar-refractivity contribution is 5.74. The number of aryl methyl sites for hydroxylation is 1. The predicted molar refractivity (Wildman–Crippen MR) is 76.5 cm³/mol. The molecule has 0 amide bonds. The third kappa shape index (κ3) is 2.52. The van der Waals surface area contributed by atoms with Crippen molar-refractivity contribution in [2.45, 2.75) is 12.5 Å². The van der Waals surface area contributed by atoms with Gasteiger partial charge in [0.2, 0.25) is 0 Å². The summed E-state index contributed by atoms with van der Waals surface area (Å²) in [6.07, 6.45) is 8.00. The van der Waals surface area contributed by atoms with Crippen LogP contribution in [-0.2, 0) is 13.5 Å². The molecule has 20 heavy (non-hydrogen) atoms. The van der Waals surface area contributed by atoms with Gasteiger partial charge in [0.1, 0.15) is 0 Å². The molecule has 6 nitrogen and oxygen atoms in total. The van der Waals surface area contributed by atoms with E-state index < -0.39 is 0 Å². The fourth-order valence-corrected chi connectivity index (χ4v) is 2.28. The zero-order valence-electron chi connectivity index (χ0n) is 11.2. The highest BCUT2D eigenvalue weighted by Gasteiger charge is 2.12. The number of aromatic nitrogens is 4. The molecule has 0 saturated carbocycles. The van der Waals surface area contributed by atoms with Crippen LogP contribution in [0, 0.1) is 0 Å². The molecule has 1 unspecified atom stereocenters. The lowest BCUT2D eigenvalue weighted by molar-refractivity contribution is 0.552. The third-order valence-electron chi connectivity index (χ3n) is 3.30. The second-order valence-electron chi connectivity index (χ2n) is 4.75. The van der Waals surface area contributed by atoms with Gasteiger partial charge in [0, 0.05) is 25.6 Å². The summed E-state index contributed by atoms with van der Waals surface area (Å²) in [5, 5.41) is 4.17. The number of fused-ring (bicyclic) bond motifs is 1. The minimum absolute atomic E-state index is 0.0191. The Morgan fingerprint density at radius 3 is 2.75 bits per heavy atom. The van der Waals surface area contributed by atoms with Crippen molar-refractivity contribution in [3.8, 4) is 0 Å². The van der Waals surface area contributed by atoms with E-state index in [4.69, 9.17) is 5.84 Å². The first-order valence-electron chi connectivity index (χ1n) is 6.40. The van der Waals surface area contributed by atoms with Crippen LogP contribution in [0.15, 0.2) is 43.0 Å². The topological polar surface area (TPSA) is 81.7 Å². The van der Waals surface area contributed by atoms with Crippen LogP contribution in [0.3, 0.4) is 0 Å². The van der Waals surface area contributed by atoms with Crippen molar-refractivity contribution in [2.75, 3.05) is 0 Å². The molecule has 3 aromatic rings. The smallest absolute Gasteiger partial charge is 0.0890 e. The molecule has 0 aliphatic carbocycles. The lowest BCUT2D eigenvalue weighted by Gasteiger charge is -2.15. The average Bonchev–Trinajstić information content (AvgIpc) is 2.89. The van der Waals surface area contributed by atoms with Gasteiger partial charge in [-0.15, -0.1) is 0 Å². The number of rotatable bonds is 4. The van der Waals surface area contributed by atoms with E-state index in [0.717, 1.165) is 28.6 Å². The number of hydrogen-bond donors (Lipinski definition) is 2. The van der Waals surface area contributed by atoms with Crippen LogP contribution in [0.2, 0.25) is 0 Å². The average molecular weight is 268 g/mol. The summed E-state index contributed by atoms with van der Waals surface area (Å²) in [7, 11) is 1.90. The Kier molecular flexibility index (Phi) is 3.41. The van der Waals surface area contributed by atoms with Crippen molar-refractivity contribution in [3.63, 3.8) is 0 Å². The highest BCUT2D eigenvalue weighted by Crippen LogP contribution is 2.20. The second-order valence-corrected chi connectivity index (χ2v) is 4.75. The molecule has 102 valence electrons. The molecule has 6 heteroatoms. The van der Waals surface area contributed by atoms with Gasteiger partial charge in [-0.3, -0.25) is 25.9 Å². The molecule has 0 fully saturated rings. The molecule has 3 rings (SSSR count). The number of nitrogens with two attached hydrogens (primary N) is 1. The van der Waals surface area contributed by atoms with E-state index in [9.17, 15) is 0 Å². The van der Waals surface area contributed by atoms with Gasteiger partial charge in [0.15, 0.2) is 0 Å². The minimum atomic E-state index is 0.0191. The van der Waals surface area contributed by atoms with Crippen LogP contribution >= 0.6 is 0 Å². The number of hydrazine groups is 1. The monoisotopic (exact) mass is 268 g/mol. The summed E-state index contributed by atoms with van der Waals surface area (Å²) < 4.78 is 1.79. The Balaban J connectivity index is 1.90. The van der Waals surface area contributed by atoms with E-state index in [2.05, 4.69) is 20.5 Å². The first kappa shape index (κ1) is 12.7.